The number of esters is 2. The predicted octanol–water partition coefficient (Wildman–Crippen LogP) is 4.74. The van der Waals surface area contributed by atoms with Crippen LogP contribution in [0, 0.1) is 6.92 Å². The van der Waals surface area contributed by atoms with Crippen molar-refractivity contribution in [1.29, 1.82) is 0 Å². The quantitative estimate of drug-likeness (QED) is 0.726. The van der Waals surface area contributed by atoms with E-state index < -0.39 is 17.5 Å². The average molecular weight is 386 g/mol. The highest BCUT2D eigenvalue weighted by Crippen LogP contribution is 2.30. The molecule has 0 aliphatic rings. The Labute approximate surface area is 166 Å². The summed E-state index contributed by atoms with van der Waals surface area (Å²) in [7, 11) is 0. The Balaban J connectivity index is 2.72. The van der Waals surface area contributed by atoms with Gasteiger partial charge in [-0.1, -0.05) is 17.7 Å². The van der Waals surface area contributed by atoms with Gasteiger partial charge in [-0.05, 0) is 60.6 Å². The van der Waals surface area contributed by atoms with Gasteiger partial charge in [-0.25, -0.2) is 9.59 Å². The third-order valence-electron chi connectivity index (χ3n) is 3.84. The topological polar surface area (TPSA) is 69.6 Å². The normalized spacial score (nSPS) is 11.4. The van der Waals surface area contributed by atoms with Crippen molar-refractivity contribution in [2.45, 2.75) is 60.1 Å². The van der Waals surface area contributed by atoms with Crippen LogP contribution in [0.2, 0.25) is 0 Å². The van der Waals surface area contributed by atoms with Crippen molar-refractivity contribution in [1.82, 2.24) is 4.57 Å². The van der Waals surface area contributed by atoms with Crippen molar-refractivity contribution in [3.05, 3.63) is 47.3 Å². The summed E-state index contributed by atoms with van der Waals surface area (Å²) in [6, 6.07) is 7.71. The molecule has 6 heteroatoms. The zero-order chi connectivity index (χ0) is 21.1. The maximum absolute atomic E-state index is 13.1. The van der Waals surface area contributed by atoms with E-state index in [1.165, 1.54) is 0 Å². The van der Waals surface area contributed by atoms with Gasteiger partial charge in [-0.15, -0.1) is 0 Å². The molecule has 0 amide bonds. The molecule has 1 heterocycles. The van der Waals surface area contributed by atoms with Crippen molar-refractivity contribution < 1.29 is 19.1 Å². The van der Waals surface area contributed by atoms with Gasteiger partial charge in [0, 0.05) is 17.9 Å². The van der Waals surface area contributed by atoms with E-state index in [2.05, 4.69) is 5.32 Å². The lowest BCUT2D eigenvalue weighted by atomic mass is 10.2. The first-order valence-corrected chi connectivity index (χ1v) is 9.53. The number of aromatic nitrogens is 1. The second kappa shape index (κ2) is 8.50. The van der Waals surface area contributed by atoms with Gasteiger partial charge in [0.05, 0.1) is 12.3 Å². The molecule has 0 fully saturated rings. The maximum atomic E-state index is 13.1. The molecule has 0 spiro atoms. The van der Waals surface area contributed by atoms with Crippen LogP contribution in [0.15, 0.2) is 30.5 Å². The molecule has 0 aliphatic heterocycles. The van der Waals surface area contributed by atoms with E-state index >= 15 is 0 Å². The summed E-state index contributed by atoms with van der Waals surface area (Å²) in [5, 5.41) is 3.23. The highest BCUT2D eigenvalue weighted by molar-refractivity contribution is 6.05. The van der Waals surface area contributed by atoms with Crippen molar-refractivity contribution in [3.8, 4) is 5.69 Å². The van der Waals surface area contributed by atoms with Crippen LogP contribution in [0.1, 0.15) is 68.0 Å². The smallest absolute Gasteiger partial charge is 0.358 e. The lowest BCUT2D eigenvalue weighted by Gasteiger charge is -2.21. The van der Waals surface area contributed by atoms with Crippen LogP contribution in [0.5, 0.6) is 0 Å². The minimum Gasteiger partial charge on any atom is -0.462 e. The molecule has 2 aromatic rings. The second-order valence-electron chi connectivity index (χ2n) is 7.99. The summed E-state index contributed by atoms with van der Waals surface area (Å²) >= 11 is 0. The number of carbonyl (C=O) groups excluding carboxylic acids is 2. The van der Waals surface area contributed by atoms with Gasteiger partial charge < -0.3 is 19.4 Å². The zero-order valence-corrected chi connectivity index (χ0v) is 17.8. The fraction of sp³-hybridized carbons (Fsp3) is 0.455. The van der Waals surface area contributed by atoms with Crippen molar-refractivity contribution >= 4 is 17.6 Å². The summed E-state index contributed by atoms with van der Waals surface area (Å²) in [5.74, 6) is -0.993. The third-order valence-corrected chi connectivity index (χ3v) is 3.84. The molecular weight excluding hydrogens is 356 g/mol. The Bertz CT molecular complexity index is 843. The van der Waals surface area contributed by atoms with Crippen LogP contribution in [-0.4, -0.2) is 34.8 Å². The van der Waals surface area contributed by atoms with Crippen molar-refractivity contribution in [3.63, 3.8) is 0 Å². The number of nitrogens with one attached hydrogen (secondary N) is 1. The number of benzene rings is 1. The summed E-state index contributed by atoms with van der Waals surface area (Å²) in [6.45, 7) is 13.3. The molecule has 1 N–H and O–H groups in total. The van der Waals surface area contributed by atoms with E-state index in [0.29, 0.717) is 11.3 Å². The standard InChI is InChI=1S/C22H30N2O4/c1-8-27-20(25)17-13-24(16-11-9-15(4)10-12-16)19(18(17)23-14(2)3)21(26)28-22(5,6)7/h9-14,23H,8H2,1-7H3. The molecule has 6 nitrogen and oxygen atoms in total. The first-order chi connectivity index (χ1) is 13.0. The number of aryl methyl sites for hydroxylation is 1. The summed E-state index contributed by atoms with van der Waals surface area (Å²) in [6.07, 6.45) is 1.63. The molecule has 2 rings (SSSR count). The highest BCUT2D eigenvalue weighted by atomic mass is 16.6. The number of hydrogen-bond acceptors (Lipinski definition) is 5. The Morgan fingerprint density at radius 2 is 1.71 bits per heavy atom. The van der Waals surface area contributed by atoms with Crippen molar-refractivity contribution in [2.75, 3.05) is 11.9 Å². The molecule has 0 aliphatic carbocycles. The molecule has 152 valence electrons. The van der Waals surface area contributed by atoms with E-state index in [1.807, 2.05) is 65.8 Å². The largest absolute Gasteiger partial charge is 0.462 e. The first-order valence-electron chi connectivity index (χ1n) is 9.53. The average Bonchev–Trinajstić information content (AvgIpc) is 2.93. The zero-order valence-electron chi connectivity index (χ0n) is 17.8. The number of ether oxygens (including phenoxy) is 2. The van der Waals surface area contributed by atoms with E-state index in [0.717, 1.165) is 11.3 Å². The number of carbonyl (C=O) groups is 2. The van der Waals surface area contributed by atoms with Crippen LogP contribution in [0.4, 0.5) is 5.69 Å². The summed E-state index contributed by atoms with van der Waals surface area (Å²) in [5.41, 5.74) is 2.18. The lowest BCUT2D eigenvalue weighted by Crippen LogP contribution is -2.26. The fourth-order valence-electron chi connectivity index (χ4n) is 2.74. The summed E-state index contributed by atoms with van der Waals surface area (Å²) in [4.78, 5) is 25.7. The Kier molecular flexibility index (Phi) is 6.54. The minimum atomic E-state index is -0.668. The maximum Gasteiger partial charge on any atom is 0.358 e. The van der Waals surface area contributed by atoms with E-state index in [-0.39, 0.29) is 18.3 Å². The Morgan fingerprint density at radius 1 is 1.11 bits per heavy atom. The van der Waals surface area contributed by atoms with Crippen molar-refractivity contribution in [2.24, 2.45) is 0 Å². The van der Waals surface area contributed by atoms with Gasteiger partial charge in [0.15, 0.2) is 5.69 Å². The number of rotatable bonds is 6. The number of anilines is 1. The van der Waals surface area contributed by atoms with Gasteiger partial charge in [0.1, 0.15) is 11.2 Å². The highest BCUT2D eigenvalue weighted by Gasteiger charge is 2.30. The van der Waals surface area contributed by atoms with E-state index in [4.69, 9.17) is 9.47 Å². The van der Waals surface area contributed by atoms with Crippen LogP contribution < -0.4 is 5.32 Å². The van der Waals surface area contributed by atoms with Gasteiger partial charge in [-0.3, -0.25) is 0 Å². The third kappa shape index (κ3) is 5.15. The fourth-order valence-corrected chi connectivity index (χ4v) is 2.74. The number of nitrogens with zero attached hydrogens (tertiary/aromatic N) is 1. The molecule has 28 heavy (non-hydrogen) atoms. The lowest BCUT2D eigenvalue weighted by molar-refractivity contribution is 0.00617. The molecule has 0 saturated carbocycles. The van der Waals surface area contributed by atoms with Gasteiger partial charge >= 0.3 is 11.9 Å². The van der Waals surface area contributed by atoms with Crippen LogP contribution in [0.3, 0.4) is 0 Å². The molecule has 0 atom stereocenters. The predicted molar refractivity (Wildman–Crippen MR) is 110 cm³/mol. The molecule has 1 aromatic heterocycles. The van der Waals surface area contributed by atoms with Gasteiger partial charge in [0.2, 0.25) is 0 Å². The molecule has 0 bridgehead atoms. The first kappa shape index (κ1) is 21.5. The number of hydrogen-bond donors (Lipinski definition) is 1. The van der Waals surface area contributed by atoms with Crippen LogP contribution in [-0.2, 0) is 9.47 Å². The van der Waals surface area contributed by atoms with Crippen LogP contribution >= 0.6 is 0 Å². The minimum absolute atomic E-state index is 0.00299. The SMILES string of the molecule is CCOC(=O)c1cn(-c2ccc(C)cc2)c(C(=O)OC(C)(C)C)c1NC(C)C. The molecule has 0 unspecified atom stereocenters. The van der Waals surface area contributed by atoms with E-state index in [9.17, 15) is 9.59 Å². The second-order valence-corrected chi connectivity index (χ2v) is 7.99. The van der Waals surface area contributed by atoms with Gasteiger partial charge in [-0.2, -0.15) is 0 Å². The Hall–Kier alpha value is -2.76. The molecule has 0 radical (unpaired) electrons. The van der Waals surface area contributed by atoms with E-state index in [1.54, 1.807) is 17.7 Å². The summed E-state index contributed by atoms with van der Waals surface area (Å²) < 4.78 is 12.5. The van der Waals surface area contributed by atoms with Crippen LogP contribution in [0.25, 0.3) is 5.69 Å². The molecule has 1 aromatic carbocycles. The monoisotopic (exact) mass is 386 g/mol. The Morgan fingerprint density at radius 3 is 2.21 bits per heavy atom. The van der Waals surface area contributed by atoms with Gasteiger partial charge in [0.25, 0.3) is 0 Å². The molecule has 0 saturated heterocycles. The molecular formula is C22H30N2O4.